The molecule has 0 saturated heterocycles. The van der Waals surface area contributed by atoms with Gasteiger partial charge in [-0.25, -0.2) is 0 Å². The van der Waals surface area contributed by atoms with Gasteiger partial charge in [0.2, 0.25) is 0 Å². The number of benzene rings is 1. The largest absolute Gasteiger partial charge is 0.386 e. The molecule has 0 radical (unpaired) electrons. The number of halogens is 1. The number of para-hydroxylation sites is 1. The third-order valence-electron chi connectivity index (χ3n) is 2.98. The van der Waals surface area contributed by atoms with Crippen molar-refractivity contribution in [3.05, 3.63) is 62.9 Å². The van der Waals surface area contributed by atoms with Gasteiger partial charge in [-0.15, -0.1) is 11.3 Å². The summed E-state index contributed by atoms with van der Waals surface area (Å²) in [5.74, 6) is 0. The number of fused-ring (bicyclic) bond motifs is 1. The fourth-order valence-corrected chi connectivity index (χ4v) is 3.54. The maximum absolute atomic E-state index is 10.3. The van der Waals surface area contributed by atoms with Crippen LogP contribution in [0.25, 0.3) is 10.9 Å². The predicted molar refractivity (Wildman–Crippen MR) is 82.4 cm³/mol. The Kier molecular flexibility index (Phi) is 3.64. The van der Waals surface area contributed by atoms with Crippen LogP contribution in [-0.4, -0.2) is 10.1 Å². The number of hydrogen-bond acceptors (Lipinski definition) is 3. The molecule has 1 atom stereocenters. The molecule has 0 spiro atoms. The number of aliphatic hydroxyl groups excluding tert-OH is 1. The van der Waals surface area contributed by atoms with Crippen LogP contribution < -0.4 is 0 Å². The molecule has 2 nitrogen and oxygen atoms in total. The van der Waals surface area contributed by atoms with Crippen LogP contribution in [0.4, 0.5) is 0 Å². The van der Waals surface area contributed by atoms with E-state index >= 15 is 0 Å². The van der Waals surface area contributed by atoms with E-state index in [0.29, 0.717) is 6.42 Å². The summed E-state index contributed by atoms with van der Waals surface area (Å²) in [6.45, 7) is 0. The molecule has 0 aliphatic carbocycles. The van der Waals surface area contributed by atoms with Crippen molar-refractivity contribution in [1.82, 2.24) is 4.98 Å². The normalized spacial score (nSPS) is 12.7. The van der Waals surface area contributed by atoms with Gasteiger partial charge in [0.1, 0.15) is 6.10 Å². The molecule has 4 heteroatoms. The quantitative estimate of drug-likeness (QED) is 0.773. The molecule has 0 amide bonds. The predicted octanol–water partition coefficient (Wildman–Crippen LogP) is 4.33. The Labute approximate surface area is 123 Å². The number of pyridine rings is 1. The minimum Gasteiger partial charge on any atom is -0.386 e. The number of thiophene rings is 1. The Morgan fingerprint density at radius 1 is 1.11 bits per heavy atom. The van der Waals surface area contributed by atoms with E-state index in [0.717, 1.165) is 25.3 Å². The van der Waals surface area contributed by atoms with Gasteiger partial charge in [0.15, 0.2) is 0 Å². The lowest BCUT2D eigenvalue weighted by Gasteiger charge is -2.09. The molecule has 0 bridgehead atoms. The minimum absolute atomic E-state index is 0.560. The summed E-state index contributed by atoms with van der Waals surface area (Å²) >= 11 is 5.08. The van der Waals surface area contributed by atoms with Crippen LogP contribution in [0, 0.1) is 0 Å². The molecule has 0 aliphatic rings. The van der Waals surface area contributed by atoms with Crippen LogP contribution >= 0.6 is 27.3 Å². The lowest BCUT2D eigenvalue weighted by atomic mass is 10.1. The van der Waals surface area contributed by atoms with E-state index in [-0.39, 0.29) is 0 Å². The summed E-state index contributed by atoms with van der Waals surface area (Å²) in [6.07, 6.45) is 0.0388. The SMILES string of the molecule is OC(Cc1ccc(Br)s1)c1ccc2ccccc2n1. The molecular weight excluding hydrogens is 322 g/mol. The zero-order valence-corrected chi connectivity index (χ0v) is 12.5. The standard InChI is InChI=1S/C15H12BrNOS/c16-15-8-6-11(19-15)9-14(18)13-7-5-10-3-1-2-4-12(10)17-13/h1-8,14,18H,9H2. The van der Waals surface area contributed by atoms with E-state index in [9.17, 15) is 5.11 Å². The van der Waals surface area contributed by atoms with E-state index in [4.69, 9.17) is 0 Å². The summed E-state index contributed by atoms with van der Waals surface area (Å²) in [4.78, 5) is 5.67. The van der Waals surface area contributed by atoms with E-state index in [1.807, 2.05) is 48.5 Å². The summed E-state index contributed by atoms with van der Waals surface area (Å²) in [5, 5.41) is 11.4. The van der Waals surface area contributed by atoms with Gasteiger partial charge in [-0.2, -0.15) is 0 Å². The molecule has 19 heavy (non-hydrogen) atoms. The lowest BCUT2D eigenvalue weighted by molar-refractivity contribution is 0.175. The fraction of sp³-hybridized carbons (Fsp3) is 0.133. The van der Waals surface area contributed by atoms with Crippen LogP contribution in [-0.2, 0) is 6.42 Å². The molecular formula is C15H12BrNOS. The van der Waals surface area contributed by atoms with Crippen LogP contribution in [0.5, 0.6) is 0 Å². The van der Waals surface area contributed by atoms with Crippen LogP contribution in [0.1, 0.15) is 16.7 Å². The highest BCUT2D eigenvalue weighted by Crippen LogP contribution is 2.27. The van der Waals surface area contributed by atoms with Gasteiger partial charge in [0.25, 0.3) is 0 Å². The molecule has 0 saturated carbocycles. The number of nitrogens with zero attached hydrogens (tertiary/aromatic N) is 1. The van der Waals surface area contributed by atoms with Crippen molar-refractivity contribution in [2.45, 2.75) is 12.5 Å². The third kappa shape index (κ3) is 2.86. The second kappa shape index (κ2) is 5.41. The second-order valence-electron chi connectivity index (χ2n) is 4.35. The fourth-order valence-electron chi connectivity index (χ4n) is 2.02. The summed E-state index contributed by atoms with van der Waals surface area (Å²) < 4.78 is 1.08. The van der Waals surface area contributed by atoms with Crippen molar-refractivity contribution >= 4 is 38.2 Å². The van der Waals surface area contributed by atoms with Crippen LogP contribution in [0.2, 0.25) is 0 Å². The molecule has 96 valence electrons. The third-order valence-corrected chi connectivity index (χ3v) is 4.63. The van der Waals surface area contributed by atoms with Gasteiger partial charge in [0, 0.05) is 16.7 Å². The van der Waals surface area contributed by atoms with E-state index in [2.05, 4.69) is 20.9 Å². The van der Waals surface area contributed by atoms with Gasteiger partial charge < -0.3 is 5.11 Å². The van der Waals surface area contributed by atoms with Gasteiger partial charge in [-0.1, -0.05) is 24.3 Å². The average Bonchev–Trinajstić information content (AvgIpc) is 2.83. The summed E-state index contributed by atoms with van der Waals surface area (Å²) in [5.41, 5.74) is 1.65. The van der Waals surface area contributed by atoms with Gasteiger partial charge >= 0.3 is 0 Å². The first kappa shape index (κ1) is 12.8. The first-order valence-corrected chi connectivity index (χ1v) is 7.61. The molecule has 1 unspecified atom stereocenters. The maximum Gasteiger partial charge on any atom is 0.101 e. The molecule has 3 rings (SSSR count). The van der Waals surface area contributed by atoms with Crippen molar-refractivity contribution in [3.8, 4) is 0 Å². The smallest absolute Gasteiger partial charge is 0.101 e. The lowest BCUT2D eigenvalue weighted by Crippen LogP contribution is -2.03. The molecule has 2 heterocycles. The monoisotopic (exact) mass is 333 g/mol. The number of aromatic nitrogens is 1. The number of rotatable bonds is 3. The highest BCUT2D eigenvalue weighted by Gasteiger charge is 2.12. The Morgan fingerprint density at radius 3 is 2.74 bits per heavy atom. The Morgan fingerprint density at radius 2 is 1.95 bits per heavy atom. The highest BCUT2D eigenvalue weighted by atomic mass is 79.9. The second-order valence-corrected chi connectivity index (χ2v) is 6.90. The molecule has 0 fully saturated rings. The van der Waals surface area contributed by atoms with Crippen molar-refractivity contribution < 1.29 is 5.11 Å². The van der Waals surface area contributed by atoms with Crippen molar-refractivity contribution in [2.24, 2.45) is 0 Å². The van der Waals surface area contributed by atoms with Crippen molar-refractivity contribution in [3.63, 3.8) is 0 Å². The zero-order valence-electron chi connectivity index (χ0n) is 10.1. The average molecular weight is 334 g/mol. The minimum atomic E-state index is -0.560. The van der Waals surface area contributed by atoms with Crippen molar-refractivity contribution in [2.75, 3.05) is 0 Å². The van der Waals surface area contributed by atoms with Gasteiger partial charge in [0.05, 0.1) is 15.0 Å². The molecule has 1 N–H and O–H groups in total. The summed E-state index contributed by atoms with van der Waals surface area (Å²) in [6, 6.07) is 15.9. The molecule has 3 aromatic rings. The van der Waals surface area contributed by atoms with Crippen LogP contribution in [0.15, 0.2) is 52.3 Å². The zero-order chi connectivity index (χ0) is 13.2. The topological polar surface area (TPSA) is 33.1 Å². The molecule has 1 aromatic carbocycles. The Hall–Kier alpha value is -1.23. The molecule has 2 aromatic heterocycles. The van der Waals surface area contributed by atoms with E-state index < -0.39 is 6.10 Å². The summed E-state index contributed by atoms with van der Waals surface area (Å²) in [7, 11) is 0. The van der Waals surface area contributed by atoms with Gasteiger partial charge in [-0.05, 0) is 40.2 Å². The van der Waals surface area contributed by atoms with E-state index in [1.54, 1.807) is 11.3 Å². The first-order valence-electron chi connectivity index (χ1n) is 6.00. The maximum atomic E-state index is 10.3. The first-order chi connectivity index (χ1) is 9.22. The van der Waals surface area contributed by atoms with Gasteiger partial charge in [-0.3, -0.25) is 4.98 Å². The van der Waals surface area contributed by atoms with Crippen molar-refractivity contribution in [1.29, 1.82) is 0 Å². The Balaban J connectivity index is 1.86. The van der Waals surface area contributed by atoms with E-state index in [1.165, 1.54) is 0 Å². The van der Waals surface area contributed by atoms with Crippen LogP contribution in [0.3, 0.4) is 0 Å². The Bertz CT molecular complexity index is 710. The molecule has 0 aliphatic heterocycles. The number of hydrogen-bond donors (Lipinski definition) is 1. The number of aliphatic hydroxyl groups is 1. The highest BCUT2D eigenvalue weighted by molar-refractivity contribution is 9.11.